The van der Waals surface area contributed by atoms with E-state index >= 15 is 0 Å². The van der Waals surface area contributed by atoms with Crippen LogP contribution < -0.4 is 10.1 Å². The van der Waals surface area contributed by atoms with Crippen LogP contribution in [-0.4, -0.2) is 36.2 Å². The number of rotatable bonds is 2. The molecule has 0 bridgehead atoms. The van der Waals surface area contributed by atoms with Crippen molar-refractivity contribution in [3.8, 4) is 5.88 Å². The van der Waals surface area contributed by atoms with Gasteiger partial charge in [0.15, 0.2) is 0 Å². The lowest BCUT2D eigenvalue weighted by Crippen LogP contribution is -2.20. The zero-order valence-electron chi connectivity index (χ0n) is 7.32. The standard InChI is InChI=1S/C8H10N4O/c1-13-7-3-2-6(11-12-7)8-9-4-5-10-8/h2-3H,4-5H2,1H3,(H,9,10). The third-order valence-electron chi connectivity index (χ3n) is 1.77. The fourth-order valence-corrected chi connectivity index (χ4v) is 1.12. The van der Waals surface area contributed by atoms with Crippen molar-refractivity contribution in [2.45, 2.75) is 0 Å². The van der Waals surface area contributed by atoms with Crippen molar-refractivity contribution in [2.75, 3.05) is 20.2 Å². The van der Waals surface area contributed by atoms with Gasteiger partial charge in [0.25, 0.3) is 0 Å². The van der Waals surface area contributed by atoms with Crippen LogP contribution >= 0.6 is 0 Å². The van der Waals surface area contributed by atoms with Gasteiger partial charge in [-0.3, -0.25) is 4.99 Å². The fraction of sp³-hybridized carbons (Fsp3) is 0.375. The first-order valence-corrected chi connectivity index (χ1v) is 4.06. The summed E-state index contributed by atoms with van der Waals surface area (Å²) in [6.07, 6.45) is 0. The van der Waals surface area contributed by atoms with Gasteiger partial charge < -0.3 is 10.1 Å². The molecule has 0 radical (unpaired) electrons. The Morgan fingerprint density at radius 2 is 2.31 bits per heavy atom. The van der Waals surface area contributed by atoms with Crippen molar-refractivity contribution in [3.63, 3.8) is 0 Å². The van der Waals surface area contributed by atoms with Crippen LogP contribution in [0, 0.1) is 0 Å². The smallest absolute Gasteiger partial charge is 0.233 e. The van der Waals surface area contributed by atoms with Crippen LogP contribution in [-0.2, 0) is 0 Å². The lowest BCUT2D eigenvalue weighted by molar-refractivity contribution is 0.392. The maximum absolute atomic E-state index is 4.90. The summed E-state index contributed by atoms with van der Waals surface area (Å²) in [5, 5.41) is 10.9. The Kier molecular flexibility index (Phi) is 2.08. The molecule has 0 amide bonds. The first-order chi connectivity index (χ1) is 6.40. The molecule has 1 aromatic rings. The van der Waals surface area contributed by atoms with Gasteiger partial charge in [0.2, 0.25) is 5.88 Å². The summed E-state index contributed by atoms with van der Waals surface area (Å²) in [7, 11) is 1.56. The topological polar surface area (TPSA) is 59.4 Å². The molecule has 1 aromatic heterocycles. The maximum Gasteiger partial charge on any atom is 0.233 e. The predicted octanol–water partition coefficient (Wildman–Crippen LogP) is -0.165. The molecule has 13 heavy (non-hydrogen) atoms. The molecule has 5 nitrogen and oxygen atoms in total. The van der Waals surface area contributed by atoms with Crippen LogP contribution in [0.2, 0.25) is 0 Å². The van der Waals surface area contributed by atoms with Crippen molar-refractivity contribution in [1.29, 1.82) is 0 Å². The Bertz CT molecular complexity index is 319. The van der Waals surface area contributed by atoms with Gasteiger partial charge in [0, 0.05) is 12.6 Å². The minimum absolute atomic E-state index is 0.516. The van der Waals surface area contributed by atoms with Crippen molar-refractivity contribution in [2.24, 2.45) is 4.99 Å². The molecular formula is C8H10N4O. The molecule has 68 valence electrons. The summed E-state index contributed by atoms with van der Waals surface area (Å²) < 4.78 is 4.90. The van der Waals surface area contributed by atoms with Gasteiger partial charge in [-0.05, 0) is 6.07 Å². The van der Waals surface area contributed by atoms with Crippen LogP contribution in [0.1, 0.15) is 5.69 Å². The van der Waals surface area contributed by atoms with E-state index in [0.29, 0.717) is 5.88 Å². The van der Waals surface area contributed by atoms with E-state index in [1.54, 1.807) is 13.2 Å². The molecule has 0 aromatic carbocycles. The van der Waals surface area contributed by atoms with Gasteiger partial charge in [-0.25, -0.2) is 0 Å². The molecule has 1 aliphatic rings. The lowest BCUT2D eigenvalue weighted by Gasteiger charge is -2.00. The maximum atomic E-state index is 4.90. The molecule has 2 rings (SSSR count). The van der Waals surface area contributed by atoms with Crippen LogP contribution in [0.3, 0.4) is 0 Å². The molecular weight excluding hydrogens is 168 g/mol. The molecule has 0 saturated carbocycles. The molecule has 2 heterocycles. The van der Waals surface area contributed by atoms with E-state index in [2.05, 4.69) is 20.5 Å². The largest absolute Gasteiger partial charge is 0.480 e. The molecule has 0 saturated heterocycles. The van der Waals surface area contributed by atoms with Gasteiger partial charge in [-0.15, -0.1) is 10.2 Å². The average Bonchev–Trinajstić information content (AvgIpc) is 2.71. The second-order valence-electron chi connectivity index (χ2n) is 2.62. The molecule has 1 aliphatic heterocycles. The van der Waals surface area contributed by atoms with Gasteiger partial charge in [0.1, 0.15) is 11.5 Å². The average molecular weight is 178 g/mol. The van der Waals surface area contributed by atoms with Crippen molar-refractivity contribution >= 4 is 5.84 Å². The van der Waals surface area contributed by atoms with Gasteiger partial charge >= 0.3 is 0 Å². The first kappa shape index (κ1) is 7.97. The van der Waals surface area contributed by atoms with Gasteiger partial charge in [0.05, 0.1) is 13.7 Å². The first-order valence-electron chi connectivity index (χ1n) is 4.06. The Hall–Kier alpha value is -1.65. The highest BCUT2D eigenvalue weighted by molar-refractivity contribution is 5.97. The van der Waals surface area contributed by atoms with Crippen LogP contribution in [0.5, 0.6) is 5.88 Å². The number of methoxy groups -OCH3 is 1. The number of nitrogens with one attached hydrogen (secondary N) is 1. The summed E-state index contributed by atoms with van der Waals surface area (Å²) >= 11 is 0. The minimum atomic E-state index is 0.516. The summed E-state index contributed by atoms with van der Waals surface area (Å²) in [6.45, 7) is 1.69. The SMILES string of the molecule is COc1ccc(C2=NCCN2)nn1. The summed E-state index contributed by atoms with van der Waals surface area (Å²) in [5.41, 5.74) is 0.762. The monoisotopic (exact) mass is 178 g/mol. The van der Waals surface area contributed by atoms with E-state index in [4.69, 9.17) is 4.74 Å². The molecule has 0 aliphatic carbocycles. The van der Waals surface area contributed by atoms with E-state index < -0.39 is 0 Å². The molecule has 0 atom stereocenters. The van der Waals surface area contributed by atoms with E-state index in [1.807, 2.05) is 6.07 Å². The van der Waals surface area contributed by atoms with Crippen molar-refractivity contribution in [1.82, 2.24) is 15.5 Å². The molecule has 5 heteroatoms. The van der Waals surface area contributed by atoms with E-state index in [9.17, 15) is 0 Å². The van der Waals surface area contributed by atoms with Crippen molar-refractivity contribution in [3.05, 3.63) is 17.8 Å². The second kappa shape index (κ2) is 3.38. The van der Waals surface area contributed by atoms with Gasteiger partial charge in [-0.1, -0.05) is 0 Å². The normalized spacial score (nSPS) is 15.0. The highest BCUT2D eigenvalue weighted by atomic mass is 16.5. The molecule has 1 N–H and O–H groups in total. The minimum Gasteiger partial charge on any atom is -0.480 e. The lowest BCUT2D eigenvalue weighted by atomic mass is 10.3. The Labute approximate surface area is 75.9 Å². The van der Waals surface area contributed by atoms with Crippen molar-refractivity contribution < 1.29 is 4.74 Å². The Morgan fingerprint density at radius 3 is 2.85 bits per heavy atom. The van der Waals surface area contributed by atoms with Crippen LogP contribution in [0.15, 0.2) is 17.1 Å². The Balaban J connectivity index is 2.22. The number of ether oxygens (including phenoxy) is 1. The fourth-order valence-electron chi connectivity index (χ4n) is 1.12. The van der Waals surface area contributed by atoms with Gasteiger partial charge in [-0.2, -0.15) is 0 Å². The summed E-state index contributed by atoms with van der Waals surface area (Å²) in [6, 6.07) is 3.60. The quantitative estimate of drug-likeness (QED) is 0.683. The highest BCUT2D eigenvalue weighted by Crippen LogP contribution is 2.04. The highest BCUT2D eigenvalue weighted by Gasteiger charge is 2.09. The number of aromatic nitrogens is 2. The van der Waals surface area contributed by atoms with E-state index in [-0.39, 0.29) is 0 Å². The second-order valence-corrected chi connectivity index (χ2v) is 2.62. The zero-order chi connectivity index (χ0) is 9.10. The van der Waals surface area contributed by atoms with Crippen LogP contribution in [0.25, 0.3) is 0 Å². The molecule has 0 fully saturated rings. The number of hydrogen-bond donors (Lipinski definition) is 1. The molecule has 0 spiro atoms. The van der Waals surface area contributed by atoms with Crippen LogP contribution in [0.4, 0.5) is 0 Å². The number of nitrogens with zero attached hydrogens (tertiary/aromatic N) is 3. The number of aliphatic imine (C=N–C) groups is 1. The Morgan fingerprint density at radius 1 is 1.38 bits per heavy atom. The summed E-state index contributed by atoms with van der Waals surface area (Å²) in [4.78, 5) is 4.22. The van der Waals surface area contributed by atoms with E-state index in [1.165, 1.54) is 0 Å². The molecule has 0 unspecified atom stereocenters. The number of amidine groups is 1. The third kappa shape index (κ3) is 1.58. The summed E-state index contributed by atoms with van der Waals surface area (Å²) in [5.74, 6) is 1.33. The van der Waals surface area contributed by atoms with E-state index in [0.717, 1.165) is 24.6 Å². The number of hydrogen-bond acceptors (Lipinski definition) is 5. The predicted molar refractivity (Wildman–Crippen MR) is 48.0 cm³/mol. The third-order valence-corrected chi connectivity index (χ3v) is 1.77. The zero-order valence-corrected chi connectivity index (χ0v) is 7.32.